The van der Waals surface area contributed by atoms with E-state index in [0.29, 0.717) is 6.61 Å². The molecule has 0 saturated carbocycles. The van der Waals surface area contributed by atoms with Gasteiger partial charge < -0.3 is 14.8 Å². The zero-order valence-electron chi connectivity index (χ0n) is 12.5. The molecule has 0 unspecified atom stereocenters. The molecule has 1 aliphatic heterocycles. The molecule has 0 fully saturated rings. The minimum Gasteiger partial charge on any atom is -0.493 e. The SMILES string of the molecule is Cc1ccccc1OCC(=O)N[C@H]1CCOc2ccccc21. The number of fused-ring (bicyclic) bond motifs is 1. The van der Waals surface area contributed by atoms with Gasteiger partial charge in [-0.2, -0.15) is 0 Å². The summed E-state index contributed by atoms with van der Waals surface area (Å²) in [5, 5.41) is 3.02. The average Bonchev–Trinajstić information content (AvgIpc) is 2.54. The Kier molecular flexibility index (Phi) is 4.28. The molecule has 3 rings (SSSR count). The molecule has 4 nitrogen and oxygen atoms in total. The summed E-state index contributed by atoms with van der Waals surface area (Å²) in [5.74, 6) is 1.47. The maximum Gasteiger partial charge on any atom is 0.258 e. The maximum atomic E-state index is 12.1. The average molecular weight is 297 g/mol. The molecule has 1 heterocycles. The van der Waals surface area contributed by atoms with E-state index in [1.54, 1.807) is 0 Å². The topological polar surface area (TPSA) is 47.6 Å². The number of carbonyl (C=O) groups is 1. The highest BCUT2D eigenvalue weighted by Crippen LogP contribution is 2.31. The second kappa shape index (κ2) is 6.52. The fraction of sp³-hybridized carbons (Fsp3) is 0.278. The van der Waals surface area contributed by atoms with E-state index in [1.807, 2.05) is 55.5 Å². The van der Waals surface area contributed by atoms with Gasteiger partial charge in [-0.1, -0.05) is 36.4 Å². The first-order chi connectivity index (χ1) is 10.7. The molecule has 114 valence electrons. The monoisotopic (exact) mass is 297 g/mol. The summed E-state index contributed by atoms with van der Waals surface area (Å²) >= 11 is 0. The molecule has 0 aromatic heterocycles. The highest BCUT2D eigenvalue weighted by Gasteiger charge is 2.22. The maximum absolute atomic E-state index is 12.1. The smallest absolute Gasteiger partial charge is 0.258 e. The van der Waals surface area contributed by atoms with Crippen LogP contribution in [0.4, 0.5) is 0 Å². The summed E-state index contributed by atoms with van der Waals surface area (Å²) in [6.07, 6.45) is 0.771. The lowest BCUT2D eigenvalue weighted by Crippen LogP contribution is -2.35. The fourth-order valence-electron chi connectivity index (χ4n) is 2.59. The first-order valence-corrected chi connectivity index (χ1v) is 7.43. The van der Waals surface area contributed by atoms with Crippen LogP contribution in [-0.2, 0) is 4.79 Å². The molecule has 1 N–H and O–H groups in total. The second-order valence-corrected chi connectivity index (χ2v) is 5.35. The minimum absolute atomic E-state index is 0.0158. The summed E-state index contributed by atoms with van der Waals surface area (Å²) < 4.78 is 11.2. The molecule has 1 amide bonds. The van der Waals surface area contributed by atoms with Gasteiger partial charge in [0.15, 0.2) is 6.61 Å². The van der Waals surface area contributed by atoms with Gasteiger partial charge >= 0.3 is 0 Å². The number of carbonyl (C=O) groups excluding carboxylic acids is 1. The van der Waals surface area contributed by atoms with Crippen LogP contribution in [0.3, 0.4) is 0 Å². The van der Waals surface area contributed by atoms with Gasteiger partial charge in [0.05, 0.1) is 12.6 Å². The van der Waals surface area contributed by atoms with Crippen molar-refractivity contribution in [2.45, 2.75) is 19.4 Å². The fourth-order valence-corrected chi connectivity index (χ4v) is 2.59. The van der Waals surface area contributed by atoms with Crippen LogP contribution < -0.4 is 14.8 Å². The summed E-state index contributed by atoms with van der Waals surface area (Å²) in [4.78, 5) is 12.1. The third-order valence-electron chi connectivity index (χ3n) is 3.75. The number of rotatable bonds is 4. The predicted octanol–water partition coefficient (Wildman–Crippen LogP) is 3.01. The third-order valence-corrected chi connectivity index (χ3v) is 3.75. The molecule has 2 aromatic carbocycles. The van der Waals surface area contributed by atoms with Gasteiger partial charge in [0.25, 0.3) is 5.91 Å². The zero-order valence-corrected chi connectivity index (χ0v) is 12.5. The number of hydrogen-bond acceptors (Lipinski definition) is 3. The Bertz CT molecular complexity index is 669. The Morgan fingerprint density at radius 2 is 2.00 bits per heavy atom. The van der Waals surface area contributed by atoms with E-state index in [9.17, 15) is 4.79 Å². The number of nitrogens with one attached hydrogen (secondary N) is 1. The van der Waals surface area contributed by atoms with E-state index in [2.05, 4.69) is 5.32 Å². The summed E-state index contributed by atoms with van der Waals surface area (Å²) in [6, 6.07) is 15.5. The Balaban J connectivity index is 1.60. The number of para-hydroxylation sites is 2. The molecule has 2 aromatic rings. The lowest BCUT2D eigenvalue weighted by molar-refractivity contribution is -0.124. The van der Waals surface area contributed by atoms with Crippen molar-refractivity contribution in [3.05, 3.63) is 59.7 Å². The van der Waals surface area contributed by atoms with Crippen LogP contribution in [0.5, 0.6) is 11.5 Å². The molecule has 0 aliphatic carbocycles. The minimum atomic E-state index is -0.120. The van der Waals surface area contributed by atoms with E-state index in [1.165, 1.54) is 0 Å². The molecule has 4 heteroatoms. The van der Waals surface area contributed by atoms with Crippen LogP contribution in [0.1, 0.15) is 23.6 Å². The molecule has 0 radical (unpaired) electrons. The van der Waals surface area contributed by atoms with E-state index in [4.69, 9.17) is 9.47 Å². The van der Waals surface area contributed by atoms with Gasteiger partial charge in [-0.05, 0) is 24.6 Å². The Hall–Kier alpha value is -2.49. The third kappa shape index (κ3) is 3.22. The van der Waals surface area contributed by atoms with E-state index in [-0.39, 0.29) is 18.6 Å². The summed E-state index contributed by atoms with van der Waals surface area (Å²) in [5.41, 5.74) is 2.05. The first-order valence-electron chi connectivity index (χ1n) is 7.43. The molecule has 0 bridgehead atoms. The number of ether oxygens (including phenoxy) is 2. The zero-order chi connectivity index (χ0) is 15.4. The highest BCUT2D eigenvalue weighted by molar-refractivity contribution is 5.78. The van der Waals surface area contributed by atoms with E-state index in [0.717, 1.165) is 29.0 Å². The number of hydrogen-bond donors (Lipinski definition) is 1. The Labute approximate surface area is 130 Å². The van der Waals surface area contributed by atoms with E-state index >= 15 is 0 Å². The van der Waals surface area contributed by atoms with Gasteiger partial charge in [-0.15, -0.1) is 0 Å². The van der Waals surface area contributed by atoms with Crippen LogP contribution >= 0.6 is 0 Å². The lowest BCUT2D eigenvalue weighted by atomic mass is 10.0. The van der Waals surface area contributed by atoms with Crippen molar-refractivity contribution in [3.63, 3.8) is 0 Å². The van der Waals surface area contributed by atoms with Gasteiger partial charge in [0.2, 0.25) is 0 Å². The van der Waals surface area contributed by atoms with Gasteiger partial charge in [0.1, 0.15) is 11.5 Å². The van der Waals surface area contributed by atoms with Crippen molar-refractivity contribution in [2.24, 2.45) is 0 Å². The Morgan fingerprint density at radius 1 is 1.23 bits per heavy atom. The van der Waals surface area contributed by atoms with E-state index < -0.39 is 0 Å². The van der Waals surface area contributed by atoms with Gasteiger partial charge in [0, 0.05) is 12.0 Å². The summed E-state index contributed by atoms with van der Waals surface area (Å²) in [7, 11) is 0. The van der Waals surface area contributed by atoms with Crippen LogP contribution in [0.15, 0.2) is 48.5 Å². The van der Waals surface area contributed by atoms with Crippen molar-refractivity contribution < 1.29 is 14.3 Å². The largest absolute Gasteiger partial charge is 0.493 e. The van der Waals surface area contributed by atoms with Crippen molar-refractivity contribution in [2.75, 3.05) is 13.2 Å². The first kappa shape index (κ1) is 14.4. The van der Waals surface area contributed by atoms with Crippen molar-refractivity contribution >= 4 is 5.91 Å². The molecular weight excluding hydrogens is 278 g/mol. The Morgan fingerprint density at radius 3 is 2.86 bits per heavy atom. The van der Waals surface area contributed by atoms with Crippen molar-refractivity contribution in [1.29, 1.82) is 0 Å². The molecule has 0 spiro atoms. The number of aryl methyl sites for hydroxylation is 1. The summed E-state index contributed by atoms with van der Waals surface area (Å²) in [6.45, 7) is 2.59. The normalized spacial score (nSPS) is 16.3. The molecule has 1 atom stereocenters. The molecule has 1 aliphatic rings. The molecular formula is C18H19NO3. The highest BCUT2D eigenvalue weighted by atomic mass is 16.5. The van der Waals surface area contributed by atoms with Gasteiger partial charge in [-0.25, -0.2) is 0 Å². The number of amides is 1. The van der Waals surface area contributed by atoms with Crippen LogP contribution in [0.2, 0.25) is 0 Å². The number of benzene rings is 2. The van der Waals surface area contributed by atoms with Crippen LogP contribution in [-0.4, -0.2) is 19.1 Å². The predicted molar refractivity (Wildman–Crippen MR) is 84.1 cm³/mol. The lowest BCUT2D eigenvalue weighted by Gasteiger charge is -2.26. The second-order valence-electron chi connectivity index (χ2n) is 5.35. The van der Waals surface area contributed by atoms with Crippen molar-refractivity contribution in [3.8, 4) is 11.5 Å². The quantitative estimate of drug-likeness (QED) is 0.943. The van der Waals surface area contributed by atoms with Gasteiger partial charge in [-0.3, -0.25) is 4.79 Å². The standard InChI is InChI=1S/C18H19NO3/c1-13-6-2-4-8-16(13)22-12-18(20)19-15-10-11-21-17-9-5-3-7-14(15)17/h2-9,15H,10-12H2,1H3,(H,19,20)/t15-/m0/s1. The van der Waals surface area contributed by atoms with Crippen LogP contribution in [0, 0.1) is 6.92 Å². The molecule has 0 saturated heterocycles. The molecule has 22 heavy (non-hydrogen) atoms. The van der Waals surface area contributed by atoms with Crippen molar-refractivity contribution in [1.82, 2.24) is 5.32 Å². The van der Waals surface area contributed by atoms with Crippen LogP contribution in [0.25, 0.3) is 0 Å².